The molecule has 0 amide bonds. The van der Waals surface area contributed by atoms with Crippen LogP contribution in [0.2, 0.25) is 0 Å². The monoisotopic (exact) mass is 338 g/mol. The topological polar surface area (TPSA) is 36.3 Å². The summed E-state index contributed by atoms with van der Waals surface area (Å²) in [5.74, 6) is 0.220. The van der Waals surface area contributed by atoms with Crippen molar-refractivity contribution in [3.05, 3.63) is 66.7 Å². The second kappa shape index (κ2) is 7.07. The molecule has 1 fully saturated rings. The number of rotatable bonds is 5. The molecule has 1 saturated heterocycles. The minimum atomic E-state index is -0.309. The molecule has 2 heterocycles. The Morgan fingerprint density at radius 1 is 1.16 bits per heavy atom. The molecule has 1 unspecified atom stereocenters. The summed E-state index contributed by atoms with van der Waals surface area (Å²) in [6, 6.07) is 14.5. The van der Waals surface area contributed by atoms with Gasteiger partial charge in [-0.2, -0.15) is 5.10 Å². The van der Waals surface area contributed by atoms with Crippen LogP contribution in [0.15, 0.2) is 60.9 Å². The van der Waals surface area contributed by atoms with Crippen molar-refractivity contribution in [2.45, 2.75) is 18.9 Å². The number of hydrogen-bond donors (Lipinski definition) is 0. The number of hydrogen-bond acceptors (Lipinski definition) is 3. The third-order valence-corrected chi connectivity index (χ3v) is 4.30. The minimum absolute atomic E-state index is 0.111. The lowest BCUT2D eigenvalue weighted by molar-refractivity contribution is 0.0678. The van der Waals surface area contributed by atoms with Crippen LogP contribution >= 0.6 is 0 Å². The molecule has 1 aliphatic rings. The highest BCUT2D eigenvalue weighted by Gasteiger charge is 2.16. The maximum absolute atomic E-state index is 14.0. The van der Waals surface area contributed by atoms with Gasteiger partial charge in [-0.05, 0) is 54.3 Å². The SMILES string of the molecule is Fc1cc(OCC2CCCO2)cc(-c2ccc(-n3cccn3)cc2)c1. The van der Waals surface area contributed by atoms with E-state index in [4.69, 9.17) is 9.47 Å². The first-order valence-electron chi connectivity index (χ1n) is 8.43. The van der Waals surface area contributed by atoms with Crippen molar-refractivity contribution in [3.8, 4) is 22.6 Å². The van der Waals surface area contributed by atoms with Crippen LogP contribution in [0.5, 0.6) is 5.75 Å². The van der Waals surface area contributed by atoms with Crippen LogP contribution in [0, 0.1) is 5.82 Å². The molecule has 0 saturated carbocycles. The second-order valence-corrected chi connectivity index (χ2v) is 6.12. The van der Waals surface area contributed by atoms with Crippen LogP contribution in [0.1, 0.15) is 12.8 Å². The normalized spacial score (nSPS) is 16.9. The van der Waals surface area contributed by atoms with Crippen LogP contribution in [0.25, 0.3) is 16.8 Å². The first-order chi connectivity index (χ1) is 12.3. The van der Waals surface area contributed by atoms with E-state index in [1.54, 1.807) is 10.9 Å². The highest BCUT2D eigenvalue weighted by atomic mass is 19.1. The van der Waals surface area contributed by atoms with Crippen LogP contribution in [0.3, 0.4) is 0 Å². The lowest BCUT2D eigenvalue weighted by Crippen LogP contribution is -2.16. The summed E-state index contributed by atoms with van der Waals surface area (Å²) in [5, 5.41) is 4.20. The molecule has 0 bridgehead atoms. The number of aromatic nitrogens is 2. The Kier molecular flexibility index (Phi) is 4.48. The van der Waals surface area contributed by atoms with Gasteiger partial charge in [0.05, 0.1) is 11.8 Å². The summed E-state index contributed by atoms with van der Waals surface area (Å²) in [6.45, 7) is 1.24. The maximum Gasteiger partial charge on any atom is 0.127 e. The van der Waals surface area contributed by atoms with Crippen LogP contribution in [-0.4, -0.2) is 29.1 Å². The molecule has 4 nitrogen and oxygen atoms in total. The fourth-order valence-corrected chi connectivity index (χ4v) is 3.01. The molecule has 0 radical (unpaired) electrons. The van der Waals surface area contributed by atoms with Crippen molar-refractivity contribution in [1.29, 1.82) is 0 Å². The molecule has 1 aliphatic heterocycles. The Balaban J connectivity index is 1.53. The number of benzene rings is 2. The second-order valence-electron chi connectivity index (χ2n) is 6.12. The maximum atomic E-state index is 14.0. The molecule has 4 rings (SSSR count). The summed E-state index contributed by atoms with van der Waals surface area (Å²) < 4.78 is 27.1. The number of halogens is 1. The van der Waals surface area contributed by atoms with E-state index < -0.39 is 0 Å². The van der Waals surface area contributed by atoms with Crippen LogP contribution in [0.4, 0.5) is 4.39 Å². The third-order valence-electron chi connectivity index (χ3n) is 4.30. The summed E-state index contributed by atoms with van der Waals surface area (Å²) in [5.41, 5.74) is 2.67. The van der Waals surface area contributed by atoms with E-state index in [1.807, 2.05) is 42.6 Å². The molecule has 0 spiro atoms. The predicted octanol–water partition coefficient (Wildman–Crippen LogP) is 4.24. The Labute approximate surface area is 145 Å². The molecule has 5 heteroatoms. The Morgan fingerprint density at radius 3 is 2.76 bits per heavy atom. The summed E-state index contributed by atoms with van der Waals surface area (Å²) >= 11 is 0. The molecule has 1 aromatic heterocycles. The van der Waals surface area contributed by atoms with Crippen molar-refractivity contribution < 1.29 is 13.9 Å². The van der Waals surface area contributed by atoms with Gasteiger partial charge in [0.15, 0.2) is 0 Å². The van der Waals surface area contributed by atoms with E-state index in [-0.39, 0.29) is 11.9 Å². The van der Waals surface area contributed by atoms with Gasteiger partial charge < -0.3 is 9.47 Å². The average molecular weight is 338 g/mol. The zero-order valence-electron chi connectivity index (χ0n) is 13.8. The van der Waals surface area contributed by atoms with Gasteiger partial charge in [-0.25, -0.2) is 9.07 Å². The van der Waals surface area contributed by atoms with Crippen molar-refractivity contribution >= 4 is 0 Å². The highest BCUT2D eigenvalue weighted by Crippen LogP contribution is 2.27. The lowest BCUT2D eigenvalue weighted by Gasteiger charge is -2.13. The van der Waals surface area contributed by atoms with E-state index in [9.17, 15) is 4.39 Å². The zero-order valence-corrected chi connectivity index (χ0v) is 13.8. The Hall–Kier alpha value is -2.66. The smallest absolute Gasteiger partial charge is 0.127 e. The average Bonchev–Trinajstić information content (AvgIpc) is 3.33. The predicted molar refractivity (Wildman–Crippen MR) is 93.4 cm³/mol. The molecule has 2 aromatic carbocycles. The molecule has 0 aliphatic carbocycles. The van der Waals surface area contributed by atoms with Gasteiger partial charge in [-0.3, -0.25) is 0 Å². The van der Waals surface area contributed by atoms with Crippen molar-refractivity contribution in [2.24, 2.45) is 0 Å². The van der Waals surface area contributed by atoms with Crippen LogP contribution in [-0.2, 0) is 4.74 Å². The van der Waals surface area contributed by atoms with Gasteiger partial charge in [-0.15, -0.1) is 0 Å². The quantitative estimate of drug-likeness (QED) is 0.698. The largest absolute Gasteiger partial charge is 0.491 e. The first kappa shape index (κ1) is 15.8. The minimum Gasteiger partial charge on any atom is -0.491 e. The Bertz CT molecular complexity index is 825. The fraction of sp³-hybridized carbons (Fsp3) is 0.250. The molecular weight excluding hydrogens is 319 g/mol. The van der Waals surface area contributed by atoms with E-state index in [1.165, 1.54) is 12.1 Å². The highest BCUT2D eigenvalue weighted by molar-refractivity contribution is 5.66. The molecule has 1 atom stereocenters. The van der Waals surface area contributed by atoms with Gasteiger partial charge in [0, 0.05) is 25.1 Å². The molecule has 128 valence electrons. The lowest BCUT2D eigenvalue weighted by atomic mass is 10.0. The van der Waals surface area contributed by atoms with Gasteiger partial charge in [0.1, 0.15) is 18.2 Å². The van der Waals surface area contributed by atoms with E-state index >= 15 is 0 Å². The standard InChI is InChI=1S/C20H19FN2O2/c21-17-11-16(12-20(13-17)25-14-19-3-1-10-24-19)15-4-6-18(7-5-15)23-9-2-8-22-23/h2,4-9,11-13,19H,1,3,10,14H2. The van der Waals surface area contributed by atoms with Crippen molar-refractivity contribution in [2.75, 3.05) is 13.2 Å². The summed E-state index contributed by atoms with van der Waals surface area (Å²) in [6.07, 6.45) is 5.79. The third kappa shape index (κ3) is 3.72. The first-order valence-corrected chi connectivity index (χ1v) is 8.43. The Morgan fingerprint density at radius 2 is 2.04 bits per heavy atom. The van der Waals surface area contributed by atoms with Gasteiger partial charge in [-0.1, -0.05) is 12.1 Å². The summed E-state index contributed by atoms with van der Waals surface area (Å²) in [7, 11) is 0. The molecule has 25 heavy (non-hydrogen) atoms. The van der Waals surface area contributed by atoms with Crippen molar-refractivity contribution in [3.63, 3.8) is 0 Å². The zero-order chi connectivity index (χ0) is 17.1. The van der Waals surface area contributed by atoms with Crippen LogP contribution < -0.4 is 4.74 Å². The van der Waals surface area contributed by atoms with E-state index in [0.29, 0.717) is 12.4 Å². The molecule has 3 aromatic rings. The molecule has 0 N–H and O–H groups in total. The van der Waals surface area contributed by atoms with Gasteiger partial charge in [0.2, 0.25) is 0 Å². The van der Waals surface area contributed by atoms with Gasteiger partial charge in [0.25, 0.3) is 0 Å². The number of ether oxygens (including phenoxy) is 2. The van der Waals surface area contributed by atoms with E-state index in [0.717, 1.165) is 36.3 Å². The molecular formula is C20H19FN2O2. The summed E-state index contributed by atoms with van der Waals surface area (Å²) in [4.78, 5) is 0. The fourth-order valence-electron chi connectivity index (χ4n) is 3.01. The van der Waals surface area contributed by atoms with Gasteiger partial charge >= 0.3 is 0 Å². The van der Waals surface area contributed by atoms with Crippen molar-refractivity contribution in [1.82, 2.24) is 9.78 Å². The number of nitrogens with zero attached hydrogens (tertiary/aromatic N) is 2. The van der Waals surface area contributed by atoms with E-state index in [2.05, 4.69) is 5.10 Å².